The first-order chi connectivity index (χ1) is 12.6. The second-order valence-electron chi connectivity index (χ2n) is 5.92. The highest BCUT2D eigenvalue weighted by Gasteiger charge is 2.22. The van der Waals surface area contributed by atoms with E-state index < -0.39 is 5.97 Å². The lowest BCUT2D eigenvalue weighted by Crippen LogP contribution is -2.08. The van der Waals surface area contributed by atoms with Crippen LogP contribution < -0.4 is 14.8 Å². The zero-order valence-electron chi connectivity index (χ0n) is 14.9. The number of carbonyl (C=O) groups is 1. The minimum absolute atomic E-state index is 0.103. The molecule has 0 amide bonds. The van der Waals surface area contributed by atoms with Crippen LogP contribution in [0.25, 0.3) is 0 Å². The number of hydrogen-bond donors (Lipinski definition) is 1. The molecule has 7 heteroatoms. The topological polar surface area (TPSA) is 69.7 Å². The molecule has 3 rings (SSSR count). The summed E-state index contributed by atoms with van der Waals surface area (Å²) in [4.78, 5) is 16.5. The highest BCUT2D eigenvalue weighted by molar-refractivity contribution is 7.13. The molecule has 1 N–H and O–H groups in total. The summed E-state index contributed by atoms with van der Waals surface area (Å²) in [5.74, 6) is 1.09. The molecule has 0 aliphatic carbocycles. The summed E-state index contributed by atoms with van der Waals surface area (Å²) < 4.78 is 16.9. The van der Waals surface area contributed by atoms with Crippen molar-refractivity contribution in [2.75, 3.05) is 18.5 Å². The zero-order chi connectivity index (χ0) is 18.5. The Bertz CT molecular complexity index is 803. The summed E-state index contributed by atoms with van der Waals surface area (Å²) >= 11 is 1.35. The van der Waals surface area contributed by atoms with Crippen LogP contribution in [0.3, 0.4) is 0 Å². The van der Waals surface area contributed by atoms with Crippen molar-refractivity contribution in [3.8, 4) is 11.5 Å². The Labute approximate surface area is 156 Å². The normalized spacial score (nSPS) is 15.1. The van der Waals surface area contributed by atoms with Crippen LogP contribution >= 0.6 is 11.3 Å². The maximum atomic E-state index is 12.3. The van der Waals surface area contributed by atoms with Gasteiger partial charge in [0.15, 0.2) is 10.8 Å². The molecule has 1 aliphatic rings. The van der Waals surface area contributed by atoms with Gasteiger partial charge >= 0.3 is 5.97 Å². The van der Waals surface area contributed by atoms with Crippen molar-refractivity contribution in [2.45, 2.75) is 33.0 Å². The van der Waals surface area contributed by atoms with Gasteiger partial charge in [0.2, 0.25) is 0 Å². The van der Waals surface area contributed by atoms with E-state index >= 15 is 0 Å². The van der Waals surface area contributed by atoms with Gasteiger partial charge in [-0.3, -0.25) is 0 Å². The molecule has 0 bridgehead atoms. The largest absolute Gasteiger partial charge is 0.493 e. The number of hydrogen-bond acceptors (Lipinski definition) is 7. The van der Waals surface area contributed by atoms with Crippen LogP contribution in [-0.4, -0.2) is 30.2 Å². The Balaban J connectivity index is 1.68. The molecule has 1 aliphatic heterocycles. The lowest BCUT2D eigenvalue weighted by atomic mass is 10.1. The quantitative estimate of drug-likeness (QED) is 0.560. The zero-order valence-corrected chi connectivity index (χ0v) is 15.7. The van der Waals surface area contributed by atoms with Crippen LogP contribution in [0.1, 0.15) is 35.5 Å². The van der Waals surface area contributed by atoms with Crippen molar-refractivity contribution in [2.24, 2.45) is 0 Å². The third kappa shape index (κ3) is 4.16. The summed E-state index contributed by atoms with van der Waals surface area (Å²) in [5, 5.41) is 5.38. The second-order valence-corrected chi connectivity index (χ2v) is 6.77. The number of nitrogens with zero attached hydrogens (tertiary/aromatic N) is 1. The fourth-order valence-corrected chi connectivity index (χ4v) is 3.40. The fraction of sp³-hybridized carbons (Fsp3) is 0.368. The van der Waals surface area contributed by atoms with Gasteiger partial charge in [-0.1, -0.05) is 6.08 Å². The molecule has 0 fully saturated rings. The van der Waals surface area contributed by atoms with Gasteiger partial charge in [-0.05, 0) is 26.0 Å². The van der Waals surface area contributed by atoms with Gasteiger partial charge in [0.1, 0.15) is 24.2 Å². The Hall–Kier alpha value is -2.54. The van der Waals surface area contributed by atoms with Gasteiger partial charge in [0.05, 0.1) is 6.61 Å². The first-order valence-electron chi connectivity index (χ1n) is 8.53. The molecule has 1 aromatic heterocycles. The van der Waals surface area contributed by atoms with E-state index in [1.807, 2.05) is 26.0 Å². The van der Waals surface area contributed by atoms with Gasteiger partial charge in [0, 0.05) is 29.5 Å². The number of anilines is 1. The SMILES string of the molecule is C=CCNc1nc(C(=O)OCc2cc3c(cc2OCC)CC(C)O3)cs1. The Morgan fingerprint density at radius 1 is 1.54 bits per heavy atom. The van der Waals surface area contributed by atoms with Crippen LogP contribution in [0.2, 0.25) is 0 Å². The molecular weight excluding hydrogens is 352 g/mol. The number of rotatable bonds is 8. The van der Waals surface area contributed by atoms with Crippen LogP contribution in [0.15, 0.2) is 30.2 Å². The van der Waals surface area contributed by atoms with E-state index in [2.05, 4.69) is 16.9 Å². The molecule has 0 spiro atoms. The van der Waals surface area contributed by atoms with Crippen molar-refractivity contribution in [3.05, 3.63) is 47.0 Å². The van der Waals surface area contributed by atoms with E-state index in [0.29, 0.717) is 18.3 Å². The maximum absolute atomic E-state index is 12.3. The Morgan fingerprint density at radius 3 is 3.15 bits per heavy atom. The van der Waals surface area contributed by atoms with E-state index in [-0.39, 0.29) is 18.4 Å². The average molecular weight is 374 g/mol. The fourth-order valence-electron chi connectivity index (χ4n) is 2.71. The molecule has 1 aromatic carbocycles. The first-order valence-corrected chi connectivity index (χ1v) is 9.41. The third-order valence-corrected chi connectivity index (χ3v) is 4.65. The number of nitrogens with one attached hydrogen (secondary N) is 1. The molecule has 138 valence electrons. The number of esters is 1. The predicted octanol–water partition coefficient (Wildman–Crippen LogP) is 3.82. The molecule has 6 nitrogen and oxygen atoms in total. The van der Waals surface area contributed by atoms with Crippen LogP contribution in [0.4, 0.5) is 5.13 Å². The first kappa shape index (κ1) is 18.3. The van der Waals surface area contributed by atoms with E-state index in [4.69, 9.17) is 14.2 Å². The standard InChI is InChI=1S/C19H22N2O4S/c1-4-6-20-19-21-15(11-26-19)18(22)24-10-14-9-17-13(7-12(3)25-17)8-16(14)23-5-2/h4,8-9,11-12H,1,5-7,10H2,2-3H3,(H,20,21). The van der Waals surface area contributed by atoms with Gasteiger partial charge < -0.3 is 19.5 Å². The third-order valence-electron chi connectivity index (χ3n) is 3.85. The van der Waals surface area contributed by atoms with Crippen molar-refractivity contribution < 1.29 is 19.0 Å². The molecular formula is C19H22N2O4S. The van der Waals surface area contributed by atoms with Crippen LogP contribution in [-0.2, 0) is 17.8 Å². The summed E-state index contributed by atoms with van der Waals surface area (Å²) in [6.07, 6.45) is 2.73. The van der Waals surface area contributed by atoms with Crippen molar-refractivity contribution in [3.63, 3.8) is 0 Å². The van der Waals surface area contributed by atoms with Crippen molar-refractivity contribution >= 4 is 22.4 Å². The molecule has 0 saturated heterocycles. The molecule has 0 radical (unpaired) electrons. The van der Waals surface area contributed by atoms with E-state index in [9.17, 15) is 4.79 Å². The van der Waals surface area contributed by atoms with E-state index in [0.717, 1.165) is 29.0 Å². The molecule has 1 atom stereocenters. The number of aromatic nitrogens is 1. The predicted molar refractivity (Wildman–Crippen MR) is 101 cm³/mol. The Kier molecular flexibility index (Phi) is 5.78. The monoisotopic (exact) mass is 374 g/mol. The van der Waals surface area contributed by atoms with Crippen molar-refractivity contribution in [1.82, 2.24) is 4.98 Å². The molecule has 0 saturated carbocycles. The van der Waals surface area contributed by atoms with Gasteiger partial charge in [-0.25, -0.2) is 9.78 Å². The summed E-state index contributed by atoms with van der Waals surface area (Å²) in [5.41, 5.74) is 2.19. The maximum Gasteiger partial charge on any atom is 0.358 e. The highest BCUT2D eigenvalue weighted by Crippen LogP contribution is 2.35. The minimum Gasteiger partial charge on any atom is -0.493 e. The molecule has 26 heavy (non-hydrogen) atoms. The Morgan fingerprint density at radius 2 is 2.38 bits per heavy atom. The lowest BCUT2D eigenvalue weighted by molar-refractivity contribution is 0.0463. The second kappa shape index (κ2) is 8.23. The number of thiazole rings is 1. The van der Waals surface area contributed by atoms with Gasteiger partial charge in [-0.2, -0.15) is 0 Å². The van der Waals surface area contributed by atoms with Crippen LogP contribution in [0.5, 0.6) is 11.5 Å². The van der Waals surface area contributed by atoms with E-state index in [1.165, 1.54) is 11.3 Å². The lowest BCUT2D eigenvalue weighted by Gasteiger charge is -2.12. The molecule has 1 unspecified atom stereocenters. The highest BCUT2D eigenvalue weighted by atomic mass is 32.1. The van der Waals surface area contributed by atoms with Crippen molar-refractivity contribution in [1.29, 1.82) is 0 Å². The molecule has 2 heterocycles. The summed E-state index contributed by atoms with van der Waals surface area (Å²) in [7, 11) is 0. The average Bonchev–Trinajstić information content (AvgIpc) is 3.23. The summed E-state index contributed by atoms with van der Waals surface area (Å²) in [6.45, 7) is 8.82. The molecule has 2 aromatic rings. The van der Waals surface area contributed by atoms with Crippen LogP contribution in [0, 0.1) is 0 Å². The number of benzene rings is 1. The summed E-state index contributed by atoms with van der Waals surface area (Å²) in [6, 6.07) is 3.88. The van der Waals surface area contributed by atoms with E-state index in [1.54, 1.807) is 11.5 Å². The number of ether oxygens (including phenoxy) is 3. The van der Waals surface area contributed by atoms with Gasteiger partial charge in [-0.15, -0.1) is 17.9 Å². The minimum atomic E-state index is -0.467. The van der Waals surface area contributed by atoms with Gasteiger partial charge in [0.25, 0.3) is 0 Å². The number of fused-ring (bicyclic) bond motifs is 1. The number of carbonyl (C=O) groups excluding carboxylic acids is 1. The smallest absolute Gasteiger partial charge is 0.358 e.